The Labute approximate surface area is 117 Å². The van der Waals surface area contributed by atoms with Crippen LogP contribution in [0.4, 0.5) is 4.39 Å². The van der Waals surface area contributed by atoms with Crippen molar-refractivity contribution in [2.24, 2.45) is 0 Å². The quantitative estimate of drug-likeness (QED) is 0.911. The molecule has 0 heterocycles. The number of nitrogens with one attached hydrogen (secondary N) is 1. The largest absolute Gasteiger partial charge is 0.497 e. The van der Waals surface area contributed by atoms with Crippen molar-refractivity contribution in [1.82, 2.24) is 5.32 Å². The van der Waals surface area contributed by atoms with E-state index in [0.29, 0.717) is 6.54 Å². The zero-order valence-electron chi connectivity index (χ0n) is 11.7. The molecule has 4 heteroatoms. The average Bonchev–Trinajstić information content (AvgIpc) is 2.47. The maximum absolute atomic E-state index is 13.3. The van der Waals surface area contributed by atoms with Gasteiger partial charge in [0.15, 0.2) is 0 Å². The number of amides is 1. The van der Waals surface area contributed by atoms with Gasteiger partial charge in [-0.05, 0) is 28.5 Å². The van der Waals surface area contributed by atoms with Gasteiger partial charge in [-0.3, -0.25) is 9.18 Å². The fraction of sp³-hybridized carbons (Fsp3) is 0.312. The van der Waals surface area contributed by atoms with Gasteiger partial charge in [0.05, 0.1) is 13.8 Å². The molecule has 3 nitrogen and oxygen atoms in total. The van der Waals surface area contributed by atoms with Gasteiger partial charge in [-0.25, -0.2) is 0 Å². The van der Waals surface area contributed by atoms with Crippen LogP contribution in [0.2, 0.25) is 0 Å². The van der Waals surface area contributed by atoms with Crippen LogP contribution in [0.25, 0.3) is 10.8 Å². The number of ether oxygens (including phenoxy) is 1. The lowest BCUT2D eigenvalue weighted by atomic mass is 9.94. The predicted molar refractivity (Wildman–Crippen MR) is 77.9 cm³/mol. The lowest BCUT2D eigenvalue weighted by molar-refractivity contribution is -0.119. The highest BCUT2D eigenvalue weighted by Gasteiger charge is 2.15. The number of hydrogen-bond acceptors (Lipinski definition) is 2. The summed E-state index contributed by atoms with van der Waals surface area (Å²) in [6, 6.07) is 11.5. The van der Waals surface area contributed by atoms with Gasteiger partial charge in [-0.2, -0.15) is 0 Å². The molecule has 2 rings (SSSR count). The van der Waals surface area contributed by atoms with Gasteiger partial charge in [0, 0.05) is 19.4 Å². The number of halogens is 1. The zero-order chi connectivity index (χ0) is 14.5. The summed E-state index contributed by atoms with van der Waals surface area (Å²) in [5.41, 5.74) is 0.887. The Hall–Kier alpha value is -2.10. The van der Waals surface area contributed by atoms with Crippen LogP contribution in [0, 0.1) is 0 Å². The Morgan fingerprint density at radius 2 is 2.15 bits per heavy atom. The van der Waals surface area contributed by atoms with Crippen LogP contribution < -0.4 is 10.1 Å². The summed E-state index contributed by atoms with van der Waals surface area (Å²) in [4.78, 5) is 11.0. The first-order valence-corrected chi connectivity index (χ1v) is 6.52. The van der Waals surface area contributed by atoms with Crippen LogP contribution in [0.15, 0.2) is 36.4 Å². The Morgan fingerprint density at radius 3 is 2.80 bits per heavy atom. The third-order valence-electron chi connectivity index (χ3n) is 3.35. The highest BCUT2D eigenvalue weighted by molar-refractivity contribution is 5.87. The van der Waals surface area contributed by atoms with E-state index in [1.807, 2.05) is 36.4 Å². The summed E-state index contributed by atoms with van der Waals surface area (Å²) in [5.74, 6) is 0.234. The topological polar surface area (TPSA) is 38.3 Å². The van der Waals surface area contributed by atoms with Crippen molar-refractivity contribution in [3.05, 3.63) is 42.0 Å². The molecule has 1 N–H and O–H groups in total. The number of benzene rings is 2. The molecule has 0 saturated carbocycles. The summed E-state index contributed by atoms with van der Waals surface area (Å²) in [6.45, 7) is 1.21. The molecule has 0 aromatic heterocycles. The lowest BCUT2D eigenvalue weighted by Crippen LogP contribution is -2.27. The number of hydrogen-bond donors (Lipinski definition) is 1. The van der Waals surface area contributed by atoms with Gasteiger partial charge in [0.2, 0.25) is 5.91 Å². The molecule has 0 aliphatic carbocycles. The lowest BCUT2D eigenvalue weighted by Gasteiger charge is -2.17. The van der Waals surface area contributed by atoms with Gasteiger partial charge in [0.1, 0.15) is 5.75 Å². The van der Waals surface area contributed by atoms with Crippen molar-refractivity contribution < 1.29 is 13.9 Å². The van der Waals surface area contributed by atoms with Crippen molar-refractivity contribution in [2.75, 3.05) is 20.3 Å². The van der Waals surface area contributed by atoms with E-state index in [2.05, 4.69) is 5.32 Å². The third-order valence-corrected chi connectivity index (χ3v) is 3.35. The van der Waals surface area contributed by atoms with Gasteiger partial charge in [-0.15, -0.1) is 0 Å². The van der Waals surface area contributed by atoms with Crippen molar-refractivity contribution in [3.63, 3.8) is 0 Å². The Morgan fingerprint density at radius 1 is 1.35 bits per heavy atom. The van der Waals surface area contributed by atoms with E-state index < -0.39 is 6.67 Å². The summed E-state index contributed by atoms with van der Waals surface area (Å²) >= 11 is 0. The summed E-state index contributed by atoms with van der Waals surface area (Å²) in [5, 5.41) is 4.67. The molecule has 0 bridgehead atoms. The van der Waals surface area contributed by atoms with Gasteiger partial charge >= 0.3 is 0 Å². The van der Waals surface area contributed by atoms with E-state index in [4.69, 9.17) is 4.74 Å². The standard InChI is InChI=1S/C16H18FNO2/c1-11(19)18-10-13(9-17)15-5-3-4-12-6-7-14(20-2)8-16(12)15/h3-8,13H,9-10H2,1-2H3,(H,18,19)/t13-/m0/s1. The summed E-state index contributed by atoms with van der Waals surface area (Å²) in [6.07, 6.45) is 0. The van der Waals surface area contributed by atoms with Crippen molar-refractivity contribution >= 4 is 16.7 Å². The molecule has 1 amide bonds. The Bertz CT molecular complexity index is 612. The Kier molecular flexibility index (Phi) is 4.56. The first-order valence-electron chi connectivity index (χ1n) is 6.52. The minimum absolute atomic E-state index is 0.152. The molecule has 106 valence electrons. The fourth-order valence-corrected chi connectivity index (χ4v) is 2.27. The second-order valence-corrected chi connectivity index (χ2v) is 4.72. The average molecular weight is 275 g/mol. The van der Waals surface area contributed by atoms with Crippen molar-refractivity contribution in [2.45, 2.75) is 12.8 Å². The third kappa shape index (κ3) is 3.07. The summed E-state index contributed by atoms with van der Waals surface area (Å²) in [7, 11) is 1.60. The minimum atomic E-state index is -0.517. The first-order chi connectivity index (χ1) is 9.65. The summed E-state index contributed by atoms with van der Waals surface area (Å²) < 4.78 is 18.5. The van der Waals surface area contributed by atoms with E-state index in [0.717, 1.165) is 22.1 Å². The van der Waals surface area contributed by atoms with Gasteiger partial charge in [-0.1, -0.05) is 24.3 Å². The molecule has 1 atom stereocenters. The van der Waals surface area contributed by atoms with Crippen LogP contribution in [0.1, 0.15) is 18.4 Å². The fourth-order valence-electron chi connectivity index (χ4n) is 2.27. The van der Waals surface area contributed by atoms with E-state index in [1.54, 1.807) is 7.11 Å². The van der Waals surface area contributed by atoms with Crippen LogP contribution in [-0.4, -0.2) is 26.2 Å². The van der Waals surface area contributed by atoms with Crippen molar-refractivity contribution in [1.29, 1.82) is 0 Å². The maximum atomic E-state index is 13.3. The first kappa shape index (κ1) is 14.3. The van der Waals surface area contributed by atoms with E-state index in [-0.39, 0.29) is 11.8 Å². The van der Waals surface area contributed by atoms with Gasteiger partial charge in [0.25, 0.3) is 0 Å². The molecule has 0 unspecified atom stereocenters. The normalized spacial score (nSPS) is 12.2. The number of carbonyl (C=O) groups excluding carboxylic acids is 1. The second-order valence-electron chi connectivity index (χ2n) is 4.72. The van der Waals surface area contributed by atoms with Crippen LogP contribution >= 0.6 is 0 Å². The molecule has 0 saturated heterocycles. The van der Waals surface area contributed by atoms with E-state index in [1.165, 1.54) is 6.92 Å². The van der Waals surface area contributed by atoms with E-state index in [9.17, 15) is 9.18 Å². The molecule has 0 radical (unpaired) electrons. The monoisotopic (exact) mass is 275 g/mol. The zero-order valence-corrected chi connectivity index (χ0v) is 11.7. The van der Waals surface area contributed by atoms with Crippen molar-refractivity contribution in [3.8, 4) is 5.75 Å². The number of methoxy groups -OCH3 is 1. The van der Waals surface area contributed by atoms with Gasteiger partial charge < -0.3 is 10.1 Å². The molecule has 0 fully saturated rings. The number of fused-ring (bicyclic) bond motifs is 1. The highest BCUT2D eigenvalue weighted by Crippen LogP contribution is 2.29. The molecule has 0 aliphatic rings. The molecule has 0 spiro atoms. The minimum Gasteiger partial charge on any atom is -0.497 e. The number of carbonyl (C=O) groups is 1. The SMILES string of the molecule is COc1ccc2cccc([C@@H](CF)CNC(C)=O)c2c1. The number of rotatable bonds is 5. The predicted octanol–water partition coefficient (Wildman–Crippen LogP) is 3.04. The number of alkyl halides is 1. The van der Waals surface area contributed by atoms with E-state index >= 15 is 0 Å². The molecule has 20 heavy (non-hydrogen) atoms. The van der Waals surface area contributed by atoms with Crippen LogP contribution in [0.3, 0.4) is 0 Å². The van der Waals surface area contributed by atoms with Crippen LogP contribution in [-0.2, 0) is 4.79 Å². The maximum Gasteiger partial charge on any atom is 0.216 e. The highest BCUT2D eigenvalue weighted by atomic mass is 19.1. The molecule has 2 aromatic rings. The molecular formula is C16H18FNO2. The second kappa shape index (κ2) is 6.37. The molecular weight excluding hydrogens is 257 g/mol. The molecule has 0 aliphatic heterocycles. The Balaban J connectivity index is 2.42. The van der Waals surface area contributed by atoms with Crippen LogP contribution in [0.5, 0.6) is 5.75 Å². The smallest absolute Gasteiger partial charge is 0.216 e. The molecule has 2 aromatic carbocycles.